The van der Waals surface area contributed by atoms with Gasteiger partial charge in [-0.15, -0.1) is 11.3 Å². The van der Waals surface area contributed by atoms with Gasteiger partial charge < -0.3 is 5.32 Å². The average Bonchev–Trinajstić information content (AvgIpc) is 2.83. The van der Waals surface area contributed by atoms with Gasteiger partial charge in [0.05, 0.1) is 6.54 Å². The number of aryl methyl sites for hydroxylation is 2. The molecule has 2 aromatic rings. The predicted molar refractivity (Wildman–Crippen MR) is 79.7 cm³/mol. The molecule has 0 unspecified atom stereocenters. The third-order valence-electron chi connectivity index (χ3n) is 2.76. The lowest BCUT2D eigenvalue weighted by atomic mass is 10.2. The Kier molecular flexibility index (Phi) is 4.47. The van der Waals surface area contributed by atoms with Gasteiger partial charge in [0.2, 0.25) is 0 Å². The second kappa shape index (κ2) is 6.10. The molecule has 0 bridgehead atoms. The number of hydrogen-bond donors (Lipinski definition) is 1. The van der Waals surface area contributed by atoms with Gasteiger partial charge in [-0.1, -0.05) is 20.8 Å². The molecule has 0 spiro atoms. The van der Waals surface area contributed by atoms with Crippen molar-refractivity contribution in [1.29, 1.82) is 0 Å². The first kappa shape index (κ1) is 13.9. The Balaban J connectivity index is 2.06. The molecule has 0 saturated heterocycles. The molecule has 2 heterocycles. The van der Waals surface area contributed by atoms with Crippen LogP contribution in [0.4, 0.5) is 5.82 Å². The maximum absolute atomic E-state index is 4.53. The first-order chi connectivity index (χ1) is 9.08. The van der Waals surface area contributed by atoms with Crippen LogP contribution in [0.25, 0.3) is 0 Å². The second-order valence-electron chi connectivity index (χ2n) is 4.83. The molecule has 2 aromatic heterocycles. The minimum absolute atomic E-state index is 0.340. The maximum Gasteiger partial charge on any atom is 0.133 e. The number of nitrogens with one attached hydrogen (secondary N) is 1. The highest BCUT2D eigenvalue weighted by Gasteiger charge is 2.07. The Morgan fingerprint density at radius 3 is 2.74 bits per heavy atom. The van der Waals surface area contributed by atoms with E-state index in [2.05, 4.69) is 41.0 Å². The molecule has 0 amide bonds. The van der Waals surface area contributed by atoms with Crippen LogP contribution in [0.5, 0.6) is 0 Å². The lowest BCUT2D eigenvalue weighted by Crippen LogP contribution is -2.06. The standard InChI is InChI=1S/C14H20N4S/c1-5-11-7-16-13(19-11)8-15-12-6-10(4)17-14(18-12)9(2)3/h6-7,9H,5,8H2,1-4H3,(H,15,17,18). The normalized spacial score (nSPS) is 11.0. The van der Waals surface area contributed by atoms with Gasteiger partial charge in [0.1, 0.15) is 16.6 Å². The van der Waals surface area contributed by atoms with Crippen molar-refractivity contribution in [3.05, 3.63) is 33.7 Å². The van der Waals surface area contributed by atoms with E-state index >= 15 is 0 Å². The van der Waals surface area contributed by atoms with Gasteiger partial charge in [-0.05, 0) is 13.3 Å². The van der Waals surface area contributed by atoms with Crippen LogP contribution < -0.4 is 5.32 Å². The lowest BCUT2D eigenvalue weighted by Gasteiger charge is -2.09. The Labute approximate surface area is 118 Å². The van der Waals surface area contributed by atoms with Crippen LogP contribution in [0, 0.1) is 6.92 Å². The maximum atomic E-state index is 4.53. The molecule has 0 aromatic carbocycles. The van der Waals surface area contributed by atoms with Crippen molar-refractivity contribution >= 4 is 17.2 Å². The van der Waals surface area contributed by atoms with E-state index in [-0.39, 0.29) is 0 Å². The quantitative estimate of drug-likeness (QED) is 0.907. The SMILES string of the molecule is CCc1cnc(CNc2cc(C)nc(C(C)C)n2)s1. The Bertz CT molecular complexity index is 548. The number of hydrogen-bond acceptors (Lipinski definition) is 5. The monoisotopic (exact) mass is 276 g/mol. The van der Waals surface area contributed by atoms with Gasteiger partial charge in [-0.3, -0.25) is 0 Å². The van der Waals surface area contributed by atoms with Gasteiger partial charge in [0, 0.05) is 28.8 Å². The van der Waals surface area contributed by atoms with E-state index in [4.69, 9.17) is 0 Å². The highest BCUT2D eigenvalue weighted by Crippen LogP contribution is 2.17. The van der Waals surface area contributed by atoms with Crippen molar-refractivity contribution in [2.75, 3.05) is 5.32 Å². The fraction of sp³-hybridized carbons (Fsp3) is 0.500. The van der Waals surface area contributed by atoms with Crippen LogP contribution in [0.3, 0.4) is 0 Å². The molecule has 19 heavy (non-hydrogen) atoms. The molecular formula is C14H20N4S. The summed E-state index contributed by atoms with van der Waals surface area (Å²) < 4.78 is 0. The summed E-state index contributed by atoms with van der Waals surface area (Å²) in [6.45, 7) is 9.07. The smallest absolute Gasteiger partial charge is 0.133 e. The topological polar surface area (TPSA) is 50.7 Å². The molecule has 5 heteroatoms. The Morgan fingerprint density at radius 2 is 2.11 bits per heavy atom. The summed E-state index contributed by atoms with van der Waals surface area (Å²) in [4.78, 5) is 14.7. The van der Waals surface area contributed by atoms with Crippen LogP contribution in [-0.2, 0) is 13.0 Å². The molecule has 1 N–H and O–H groups in total. The fourth-order valence-electron chi connectivity index (χ4n) is 1.70. The van der Waals surface area contributed by atoms with Gasteiger partial charge in [0.25, 0.3) is 0 Å². The number of nitrogens with zero attached hydrogens (tertiary/aromatic N) is 3. The summed E-state index contributed by atoms with van der Waals surface area (Å²) in [7, 11) is 0. The number of anilines is 1. The molecule has 0 radical (unpaired) electrons. The summed E-state index contributed by atoms with van der Waals surface area (Å²) in [5.74, 6) is 2.10. The van der Waals surface area contributed by atoms with E-state index in [1.807, 2.05) is 19.2 Å². The average molecular weight is 276 g/mol. The van der Waals surface area contributed by atoms with Gasteiger partial charge in [0.15, 0.2) is 0 Å². The van der Waals surface area contributed by atoms with Crippen molar-refractivity contribution in [3.8, 4) is 0 Å². The van der Waals surface area contributed by atoms with Gasteiger partial charge in [-0.25, -0.2) is 15.0 Å². The molecule has 2 rings (SSSR count). The molecule has 0 aliphatic heterocycles. The van der Waals surface area contributed by atoms with E-state index in [1.54, 1.807) is 11.3 Å². The third-order valence-corrected chi connectivity index (χ3v) is 3.90. The van der Waals surface area contributed by atoms with Gasteiger partial charge >= 0.3 is 0 Å². The Hall–Kier alpha value is -1.49. The first-order valence-corrected chi connectivity index (χ1v) is 7.43. The lowest BCUT2D eigenvalue weighted by molar-refractivity contribution is 0.766. The summed E-state index contributed by atoms with van der Waals surface area (Å²) in [5, 5.41) is 4.43. The van der Waals surface area contributed by atoms with E-state index in [0.717, 1.165) is 35.3 Å². The van der Waals surface area contributed by atoms with E-state index in [9.17, 15) is 0 Å². The summed E-state index contributed by atoms with van der Waals surface area (Å²) in [6.07, 6.45) is 2.99. The molecular weight excluding hydrogens is 256 g/mol. The van der Waals surface area contributed by atoms with Gasteiger partial charge in [-0.2, -0.15) is 0 Å². The van der Waals surface area contributed by atoms with Crippen LogP contribution in [0.2, 0.25) is 0 Å². The molecule has 0 fully saturated rings. The Morgan fingerprint density at radius 1 is 1.32 bits per heavy atom. The third kappa shape index (κ3) is 3.73. The zero-order chi connectivity index (χ0) is 13.8. The minimum atomic E-state index is 0.340. The second-order valence-corrected chi connectivity index (χ2v) is 6.03. The van der Waals surface area contributed by atoms with E-state index < -0.39 is 0 Å². The minimum Gasteiger partial charge on any atom is -0.363 e. The van der Waals surface area contributed by atoms with Crippen LogP contribution in [-0.4, -0.2) is 15.0 Å². The van der Waals surface area contributed by atoms with Crippen molar-refractivity contribution in [1.82, 2.24) is 15.0 Å². The summed E-state index contributed by atoms with van der Waals surface area (Å²) >= 11 is 1.75. The van der Waals surface area contributed by atoms with Crippen LogP contribution in [0.15, 0.2) is 12.3 Å². The number of thiazole rings is 1. The summed E-state index contributed by atoms with van der Waals surface area (Å²) in [5.41, 5.74) is 0.995. The van der Waals surface area contributed by atoms with Crippen molar-refractivity contribution in [2.45, 2.75) is 46.6 Å². The largest absolute Gasteiger partial charge is 0.363 e. The highest BCUT2D eigenvalue weighted by molar-refractivity contribution is 7.11. The zero-order valence-corrected chi connectivity index (χ0v) is 12.7. The highest BCUT2D eigenvalue weighted by atomic mass is 32.1. The van der Waals surface area contributed by atoms with Crippen molar-refractivity contribution in [2.24, 2.45) is 0 Å². The zero-order valence-electron chi connectivity index (χ0n) is 11.9. The number of rotatable bonds is 5. The molecule has 0 saturated carbocycles. The van der Waals surface area contributed by atoms with Crippen LogP contribution >= 0.6 is 11.3 Å². The molecule has 0 aliphatic carbocycles. The van der Waals surface area contributed by atoms with E-state index in [1.165, 1.54) is 4.88 Å². The van der Waals surface area contributed by atoms with Crippen molar-refractivity contribution < 1.29 is 0 Å². The van der Waals surface area contributed by atoms with E-state index in [0.29, 0.717) is 5.92 Å². The first-order valence-electron chi connectivity index (χ1n) is 6.61. The predicted octanol–water partition coefficient (Wildman–Crippen LogP) is 3.54. The molecule has 4 nitrogen and oxygen atoms in total. The molecule has 0 aliphatic rings. The molecule has 0 atom stereocenters. The summed E-state index contributed by atoms with van der Waals surface area (Å²) in [6, 6.07) is 1.97. The molecule has 102 valence electrons. The van der Waals surface area contributed by atoms with Crippen molar-refractivity contribution in [3.63, 3.8) is 0 Å². The fourth-order valence-corrected chi connectivity index (χ4v) is 2.50. The number of aromatic nitrogens is 3. The van der Waals surface area contributed by atoms with Crippen LogP contribution in [0.1, 0.15) is 48.1 Å².